The maximum atomic E-state index is 12.1. The first-order chi connectivity index (χ1) is 9.88. The first kappa shape index (κ1) is 14.9. The Morgan fingerprint density at radius 2 is 1.86 bits per heavy atom. The molecule has 0 aromatic heterocycles. The molecule has 7 nitrogen and oxygen atoms in total. The molecule has 3 N–H and O–H groups in total. The van der Waals surface area contributed by atoms with E-state index in [4.69, 9.17) is 5.73 Å². The second-order valence-corrected chi connectivity index (χ2v) is 6.09. The highest BCUT2D eigenvalue weighted by atomic mass is 32.2. The molecular weight excluding hydrogens is 294 g/mol. The maximum Gasteiger partial charge on any atom is 0.269 e. The van der Waals surface area contributed by atoms with Gasteiger partial charge in [-0.05, 0) is 23.8 Å². The first-order valence-corrected chi connectivity index (χ1v) is 7.45. The molecule has 2 aromatic carbocycles. The Morgan fingerprint density at radius 3 is 2.52 bits per heavy atom. The van der Waals surface area contributed by atoms with E-state index in [2.05, 4.69) is 4.72 Å². The highest BCUT2D eigenvalue weighted by Crippen LogP contribution is 2.15. The summed E-state index contributed by atoms with van der Waals surface area (Å²) >= 11 is 0. The van der Waals surface area contributed by atoms with Gasteiger partial charge in [-0.2, -0.15) is 0 Å². The lowest BCUT2D eigenvalue weighted by Crippen LogP contribution is -2.23. The number of benzene rings is 2. The smallest absolute Gasteiger partial charge is 0.269 e. The highest BCUT2D eigenvalue weighted by molar-refractivity contribution is 7.89. The molecule has 0 aliphatic rings. The van der Waals surface area contributed by atoms with Gasteiger partial charge < -0.3 is 5.73 Å². The van der Waals surface area contributed by atoms with Crippen LogP contribution in [0.3, 0.4) is 0 Å². The van der Waals surface area contributed by atoms with Gasteiger partial charge in [-0.1, -0.05) is 18.2 Å². The lowest BCUT2D eigenvalue weighted by atomic mass is 10.2. The van der Waals surface area contributed by atoms with Crippen molar-refractivity contribution >= 4 is 21.4 Å². The molecule has 0 spiro atoms. The van der Waals surface area contributed by atoms with Crippen molar-refractivity contribution in [3.05, 3.63) is 64.2 Å². The molecule has 2 aromatic rings. The Morgan fingerprint density at radius 1 is 1.14 bits per heavy atom. The van der Waals surface area contributed by atoms with E-state index < -0.39 is 14.9 Å². The Bertz CT molecular complexity index is 774. The van der Waals surface area contributed by atoms with Crippen LogP contribution in [-0.2, 0) is 16.6 Å². The van der Waals surface area contributed by atoms with Crippen molar-refractivity contribution in [3.8, 4) is 0 Å². The van der Waals surface area contributed by atoms with E-state index in [1.165, 1.54) is 36.4 Å². The summed E-state index contributed by atoms with van der Waals surface area (Å²) in [7, 11) is -3.71. The number of hydrogen-bond donors (Lipinski definition) is 2. The van der Waals surface area contributed by atoms with Crippen molar-refractivity contribution in [3.63, 3.8) is 0 Å². The normalized spacial score (nSPS) is 11.2. The van der Waals surface area contributed by atoms with Crippen LogP contribution in [0.2, 0.25) is 0 Å². The van der Waals surface area contributed by atoms with E-state index in [-0.39, 0.29) is 17.1 Å². The monoisotopic (exact) mass is 307 g/mol. The highest BCUT2D eigenvalue weighted by Gasteiger charge is 2.14. The summed E-state index contributed by atoms with van der Waals surface area (Å²) < 4.78 is 26.5. The molecule has 0 radical (unpaired) electrons. The molecule has 0 saturated carbocycles. The van der Waals surface area contributed by atoms with Gasteiger partial charge in [-0.25, -0.2) is 13.1 Å². The minimum atomic E-state index is -3.71. The number of sulfonamides is 1. The minimum Gasteiger partial charge on any atom is -0.399 e. The summed E-state index contributed by atoms with van der Waals surface area (Å²) in [6.07, 6.45) is 0. The number of nitrogens with two attached hydrogens (primary N) is 1. The van der Waals surface area contributed by atoms with E-state index in [1.54, 1.807) is 12.1 Å². The summed E-state index contributed by atoms with van der Waals surface area (Å²) in [6.45, 7) is -0.0428. The zero-order valence-electron chi connectivity index (χ0n) is 10.9. The summed E-state index contributed by atoms with van der Waals surface area (Å²) in [4.78, 5) is 10.2. The molecule has 8 heteroatoms. The molecule has 0 saturated heterocycles. The van der Waals surface area contributed by atoms with Crippen molar-refractivity contribution in [2.24, 2.45) is 0 Å². The Kier molecular flexibility index (Phi) is 4.20. The molecule has 0 atom stereocenters. The predicted octanol–water partition coefficient (Wildman–Crippen LogP) is 1.66. The molecule has 0 aliphatic heterocycles. The van der Waals surface area contributed by atoms with Crippen molar-refractivity contribution in [1.82, 2.24) is 4.72 Å². The number of hydrogen-bond acceptors (Lipinski definition) is 5. The number of non-ortho nitro benzene ring substituents is 1. The van der Waals surface area contributed by atoms with Crippen LogP contribution in [0.25, 0.3) is 0 Å². The molecule has 110 valence electrons. The lowest BCUT2D eigenvalue weighted by Gasteiger charge is -2.07. The van der Waals surface area contributed by atoms with Crippen LogP contribution in [-0.4, -0.2) is 13.3 Å². The maximum absolute atomic E-state index is 12.1. The number of anilines is 1. The Labute approximate surface area is 121 Å². The second-order valence-electron chi connectivity index (χ2n) is 4.32. The zero-order valence-corrected chi connectivity index (χ0v) is 11.7. The number of nitrogens with one attached hydrogen (secondary N) is 1. The van der Waals surface area contributed by atoms with Crippen LogP contribution in [0.1, 0.15) is 5.56 Å². The summed E-state index contributed by atoms with van der Waals surface area (Å²) in [5.41, 5.74) is 6.30. The topological polar surface area (TPSA) is 115 Å². The SMILES string of the molecule is Nc1cccc(S(=O)(=O)NCc2cccc([N+](=O)[O-])c2)c1. The number of nitrogen functional groups attached to an aromatic ring is 1. The van der Waals surface area contributed by atoms with E-state index in [9.17, 15) is 18.5 Å². The van der Waals surface area contributed by atoms with E-state index in [0.717, 1.165) is 0 Å². The van der Waals surface area contributed by atoms with Gasteiger partial charge in [0.25, 0.3) is 5.69 Å². The van der Waals surface area contributed by atoms with Gasteiger partial charge in [0.15, 0.2) is 0 Å². The Balaban J connectivity index is 2.15. The Hall–Kier alpha value is -2.45. The van der Waals surface area contributed by atoms with Crippen molar-refractivity contribution in [1.29, 1.82) is 0 Å². The summed E-state index contributed by atoms with van der Waals surface area (Å²) in [5.74, 6) is 0. The molecule has 21 heavy (non-hydrogen) atoms. The summed E-state index contributed by atoms with van der Waals surface area (Å²) in [5, 5.41) is 10.7. The van der Waals surface area contributed by atoms with Gasteiger partial charge in [0, 0.05) is 24.4 Å². The van der Waals surface area contributed by atoms with Crippen LogP contribution >= 0.6 is 0 Å². The molecular formula is C13H13N3O4S. The molecule has 0 heterocycles. The number of rotatable bonds is 5. The molecule has 0 amide bonds. The zero-order chi connectivity index (χ0) is 15.5. The van der Waals surface area contributed by atoms with Crippen molar-refractivity contribution < 1.29 is 13.3 Å². The molecule has 2 rings (SSSR count). The van der Waals surface area contributed by atoms with Crippen LogP contribution in [0, 0.1) is 10.1 Å². The van der Waals surface area contributed by atoms with Gasteiger partial charge >= 0.3 is 0 Å². The molecule has 0 fully saturated rings. The van der Waals surface area contributed by atoms with Crippen molar-refractivity contribution in [2.75, 3.05) is 5.73 Å². The predicted molar refractivity (Wildman–Crippen MR) is 78.0 cm³/mol. The third-order valence-electron chi connectivity index (χ3n) is 2.76. The average molecular weight is 307 g/mol. The van der Waals surface area contributed by atoms with Crippen molar-refractivity contribution in [2.45, 2.75) is 11.4 Å². The fraction of sp³-hybridized carbons (Fsp3) is 0.0769. The van der Waals surface area contributed by atoms with Gasteiger partial charge in [0.2, 0.25) is 10.0 Å². The van der Waals surface area contributed by atoms with Gasteiger partial charge in [0.05, 0.1) is 9.82 Å². The van der Waals surface area contributed by atoms with Crippen LogP contribution in [0.15, 0.2) is 53.4 Å². The summed E-state index contributed by atoms with van der Waals surface area (Å²) in [6, 6.07) is 11.7. The lowest BCUT2D eigenvalue weighted by molar-refractivity contribution is -0.384. The quantitative estimate of drug-likeness (QED) is 0.495. The van der Waals surface area contributed by atoms with E-state index >= 15 is 0 Å². The van der Waals surface area contributed by atoms with Gasteiger partial charge in [-0.15, -0.1) is 0 Å². The fourth-order valence-electron chi connectivity index (χ4n) is 1.72. The standard InChI is InChI=1S/C13H13N3O4S/c14-11-4-2-6-13(8-11)21(19,20)15-9-10-3-1-5-12(7-10)16(17)18/h1-8,15H,9,14H2. The van der Waals surface area contributed by atoms with Crippen LogP contribution in [0.5, 0.6) is 0 Å². The largest absolute Gasteiger partial charge is 0.399 e. The third-order valence-corrected chi connectivity index (χ3v) is 4.16. The number of nitro benzene ring substituents is 1. The van der Waals surface area contributed by atoms with Crippen LogP contribution in [0.4, 0.5) is 11.4 Å². The van der Waals surface area contributed by atoms with Gasteiger partial charge in [0.1, 0.15) is 0 Å². The van der Waals surface area contributed by atoms with Gasteiger partial charge in [-0.3, -0.25) is 10.1 Å². The minimum absolute atomic E-state index is 0.0428. The van der Waals surface area contributed by atoms with Crippen LogP contribution < -0.4 is 10.5 Å². The van der Waals surface area contributed by atoms with E-state index in [0.29, 0.717) is 11.3 Å². The molecule has 0 aliphatic carbocycles. The fourth-order valence-corrected chi connectivity index (χ4v) is 2.80. The molecule has 0 bridgehead atoms. The third kappa shape index (κ3) is 3.77. The second kappa shape index (κ2) is 5.90. The first-order valence-electron chi connectivity index (χ1n) is 5.97. The molecule has 0 unspecified atom stereocenters. The average Bonchev–Trinajstić information content (AvgIpc) is 2.45. The van der Waals surface area contributed by atoms with E-state index in [1.807, 2.05) is 0 Å². The number of nitrogens with zero attached hydrogens (tertiary/aromatic N) is 1. The number of nitro groups is 1.